The van der Waals surface area contributed by atoms with Crippen molar-refractivity contribution in [1.82, 2.24) is 5.32 Å². The molecule has 0 aliphatic carbocycles. The summed E-state index contributed by atoms with van der Waals surface area (Å²) in [6.07, 6.45) is 2.15. The van der Waals surface area contributed by atoms with Gasteiger partial charge in [-0.2, -0.15) is 0 Å². The molecule has 1 heterocycles. The van der Waals surface area contributed by atoms with Crippen molar-refractivity contribution in [2.45, 2.75) is 25.9 Å². The molecule has 1 aromatic rings. The molecule has 0 unspecified atom stereocenters. The van der Waals surface area contributed by atoms with Gasteiger partial charge in [-0.15, -0.1) is 0 Å². The molecule has 1 aromatic carbocycles. The molecule has 1 aliphatic heterocycles. The maximum Gasteiger partial charge on any atom is 0.338 e. The molecule has 0 radical (unpaired) electrons. The number of carbonyl (C=O) groups is 2. The Bertz CT molecular complexity index is 494. The number of ether oxygens (including phenoxy) is 3. The maximum atomic E-state index is 11.7. The van der Waals surface area contributed by atoms with Gasteiger partial charge < -0.3 is 19.5 Å². The lowest BCUT2D eigenvalue weighted by Crippen LogP contribution is -2.35. The highest BCUT2D eigenvalue weighted by Crippen LogP contribution is 2.13. The van der Waals surface area contributed by atoms with Crippen molar-refractivity contribution < 1.29 is 23.8 Å². The van der Waals surface area contributed by atoms with Crippen molar-refractivity contribution in [3.63, 3.8) is 0 Å². The number of nitrogens with one attached hydrogen (secondary N) is 1. The predicted molar refractivity (Wildman–Crippen MR) is 79.9 cm³/mol. The second kappa shape index (κ2) is 8.38. The highest BCUT2D eigenvalue weighted by molar-refractivity contribution is 5.89. The van der Waals surface area contributed by atoms with E-state index in [1.54, 1.807) is 31.2 Å². The first-order valence-corrected chi connectivity index (χ1v) is 7.47. The number of carbonyl (C=O) groups excluding carboxylic acids is 2. The monoisotopic (exact) mass is 307 g/mol. The molecule has 6 nitrogen and oxygen atoms in total. The zero-order chi connectivity index (χ0) is 15.8. The molecular weight excluding hydrogens is 286 g/mol. The van der Waals surface area contributed by atoms with Gasteiger partial charge in [0, 0.05) is 13.2 Å². The normalized spacial score (nSPS) is 17.0. The molecule has 1 saturated heterocycles. The standard InChI is InChI=1S/C16H21NO5/c1-2-20-16(19)12-5-7-13(8-6-12)22-11-15(18)17-10-14-4-3-9-21-14/h5-8,14H,2-4,9-11H2,1H3,(H,17,18)/t14-/m1/s1. The van der Waals surface area contributed by atoms with Crippen LogP contribution in [0.3, 0.4) is 0 Å². The number of hydrogen-bond donors (Lipinski definition) is 1. The van der Waals surface area contributed by atoms with E-state index < -0.39 is 0 Å². The van der Waals surface area contributed by atoms with E-state index in [1.807, 2.05) is 0 Å². The van der Waals surface area contributed by atoms with E-state index in [9.17, 15) is 9.59 Å². The minimum atomic E-state index is -0.372. The van der Waals surface area contributed by atoms with Crippen molar-refractivity contribution in [3.05, 3.63) is 29.8 Å². The lowest BCUT2D eigenvalue weighted by molar-refractivity contribution is -0.123. The summed E-state index contributed by atoms with van der Waals surface area (Å²) in [5.41, 5.74) is 0.456. The third-order valence-corrected chi connectivity index (χ3v) is 3.29. The Balaban J connectivity index is 1.71. The lowest BCUT2D eigenvalue weighted by atomic mass is 10.2. The molecule has 2 rings (SSSR count). The van der Waals surface area contributed by atoms with Crippen molar-refractivity contribution in [2.75, 3.05) is 26.4 Å². The van der Waals surface area contributed by atoms with E-state index in [1.165, 1.54) is 0 Å². The third kappa shape index (κ3) is 5.04. The van der Waals surface area contributed by atoms with E-state index in [2.05, 4.69) is 5.32 Å². The molecule has 6 heteroatoms. The Kier molecular flexibility index (Phi) is 6.21. The summed E-state index contributed by atoms with van der Waals surface area (Å²) in [5, 5.41) is 2.78. The Labute approximate surface area is 129 Å². The van der Waals surface area contributed by atoms with Crippen LogP contribution in [0.1, 0.15) is 30.1 Å². The fourth-order valence-corrected chi connectivity index (χ4v) is 2.13. The minimum absolute atomic E-state index is 0.0640. The molecule has 1 fully saturated rings. The van der Waals surface area contributed by atoms with E-state index in [0.29, 0.717) is 24.5 Å². The number of rotatable bonds is 7. The van der Waals surface area contributed by atoms with Crippen LogP contribution in [-0.2, 0) is 14.3 Å². The Morgan fingerprint density at radius 3 is 2.73 bits per heavy atom. The minimum Gasteiger partial charge on any atom is -0.484 e. The van der Waals surface area contributed by atoms with Gasteiger partial charge in [0.25, 0.3) is 5.91 Å². The van der Waals surface area contributed by atoms with Gasteiger partial charge in [-0.1, -0.05) is 0 Å². The average Bonchev–Trinajstić information content (AvgIpc) is 3.05. The Morgan fingerprint density at radius 2 is 2.09 bits per heavy atom. The SMILES string of the molecule is CCOC(=O)c1ccc(OCC(=O)NC[C@H]2CCCO2)cc1. The van der Waals surface area contributed by atoms with Crippen LogP contribution in [0.5, 0.6) is 5.75 Å². The van der Waals surface area contributed by atoms with Crippen LogP contribution in [0.15, 0.2) is 24.3 Å². The largest absolute Gasteiger partial charge is 0.484 e. The van der Waals surface area contributed by atoms with E-state index in [0.717, 1.165) is 19.4 Å². The average molecular weight is 307 g/mol. The fourth-order valence-electron chi connectivity index (χ4n) is 2.13. The molecule has 0 spiro atoms. The fraction of sp³-hybridized carbons (Fsp3) is 0.500. The quantitative estimate of drug-likeness (QED) is 0.773. The number of hydrogen-bond acceptors (Lipinski definition) is 5. The molecule has 0 aromatic heterocycles. The van der Waals surface area contributed by atoms with E-state index in [4.69, 9.17) is 14.2 Å². The van der Waals surface area contributed by atoms with Gasteiger partial charge in [0.15, 0.2) is 6.61 Å². The zero-order valence-electron chi connectivity index (χ0n) is 12.7. The van der Waals surface area contributed by atoms with Crippen molar-refractivity contribution in [2.24, 2.45) is 0 Å². The number of esters is 1. The Hall–Kier alpha value is -2.08. The first-order valence-electron chi connectivity index (χ1n) is 7.47. The molecule has 1 aliphatic rings. The van der Waals surface area contributed by atoms with Crippen LogP contribution < -0.4 is 10.1 Å². The summed E-state index contributed by atoms with van der Waals surface area (Å²) in [6, 6.07) is 6.49. The summed E-state index contributed by atoms with van der Waals surface area (Å²) in [4.78, 5) is 23.2. The summed E-state index contributed by atoms with van der Waals surface area (Å²) in [6.45, 7) is 3.31. The predicted octanol–water partition coefficient (Wildman–Crippen LogP) is 1.54. The maximum absolute atomic E-state index is 11.7. The molecule has 1 N–H and O–H groups in total. The van der Waals surface area contributed by atoms with E-state index >= 15 is 0 Å². The molecule has 120 valence electrons. The van der Waals surface area contributed by atoms with Crippen LogP contribution in [0.4, 0.5) is 0 Å². The van der Waals surface area contributed by atoms with Gasteiger partial charge in [-0.3, -0.25) is 4.79 Å². The summed E-state index contributed by atoms with van der Waals surface area (Å²) >= 11 is 0. The Morgan fingerprint density at radius 1 is 1.32 bits per heavy atom. The van der Waals surface area contributed by atoms with Gasteiger partial charge in [0.05, 0.1) is 18.3 Å². The van der Waals surface area contributed by atoms with E-state index in [-0.39, 0.29) is 24.6 Å². The van der Waals surface area contributed by atoms with Gasteiger partial charge in [-0.25, -0.2) is 4.79 Å². The summed E-state index contributed by atoms with van der Waals surface area (Å²) in [7, 11) is 0. The molecule has 0 bridgehead atoms. The van der Waals surface area contributed by atoms with Gasteiger partial charge in [0.1, 0.15) is 5.75 Å². The van der Waals surface area contributed by atoms with Crippen molar-refractivity contribution in [1.29, 1.82) is 0 Å². The second-order valence-electron chi connectivity index (χ2n) is 4.97. The van der Waals surface area contributed by atoms with Crippen LogP contribution in [0, 0.1) is 0 Å². The van der Waals surface area contributed by atoms with Gasteiger partial charge >= 0.3 is 5.97 Å². The first kappa shape index (κ1) is 16.3. The van der Waals surface area contributed by atoms with Crippen LogP contribution in [0.2, 0.25) is 0 Å². The molecule has 0 saturated carbocycles. The molecule has 22 heavy (non-hydrogen) atoms. The highest BCUT2D eigenvalue weighted by Gasteiger charge is 2.16. The smallest absolute Gasteiger partial charge is 0.338 e. The van der Waals surface area contributed by atoms with Gasteiger partial charge in [0.2, 0.25) is 0 Å². The highest BCUT2D eigenvalue weighted by atomic mass is 16.5. The van der Waals surface area contributed by atoms with Crippen LogP contribution in [0.25, 0.3) is 0 Å². The summed E-state index contributed by atoms with van der Waals surface area (Å²) < 4.78 is 15.7. The second-order valence-corrected chi connectivity index (χ2v) is 4.97. The molecule has 1 amide bonds. The number of amides is 1. The van der Waals surface area contributed by atoms with Crippen LogP contribution in [-0.4, -0.2) is 44.3 Å². The van der Waals surface area contributed by atoms with Crippen molar-refractivity contribution >= 4 is 11.9 Å². The molecular formula is C16H21NO5. The van der Waals surface area contributed by atoms with Gasteiger partial charge in [-0.05, 0) is 44.0 Å². The zero-order valence-corrected chi connectivity index (χ0v) is 12.7. The number of benzene rings is 1. The third-order valence-electron chi connectivity index (χ3n) is 3.29. The lowest BCUT2D eigenvalue weighted by Gasteiger charge is -2.11. The van der Waals surface area contributed by atoms with Crippen LogP contribution >= 0.6 is 0 Å². The summed E-state index contributed by atoms with van der Waals surface area (Å²) in [5.74, 6) is -0.0337. The molecule has 1 atom stereocenters. The first-order chi connectivity index (χ1) is 10.7. The van der Waals surface area contributed by atoms with Crippen molar-refractivity contribution in [3.8, 4) is 5.75 Å². The topological polar surface area (TPSA) is 73.9 Å².